The van der Waals surface area contributed by atoms with Gasteiger partial charge in [-0.1, -0.05) is 18.7 Å². The molecule has 11 nitrogen and oxygen atoms in total. The zero-order valence-corrected chi connectivity index (χ0v) is 23.8. The fraction of sp³-hybridized carbons (Fsp3) is 0.367. The molecule has 1 unspecified atom stereocenters. The Kier molecular flexibility index (Phi) is 8.36. The SMILES string of the molecule is C=CC(=O)Nc1cc(Nc2cc(N3OCCC3c3cccc(F)c3F)ncn2)c(OC)cc1N1CCN(C2COC2)CC1. The molecule has 226 valence electrons. The predicted molar refractivity (Wildman–Crippen MR) is 158 cm³/mol. The first kappa shape index (κ1) is 28.8. The molecule has 3 aromatic rings. The first-order chi connectivity index (χ1) is 20.9. The van der Waals surface area contributed by atoms with Crippen LogP contribution < -0.4 is 25.3 Å². The number of benzene rings is 2. The van der Waals surface area contributed by atoms with Crippen molar-refractivity contribution >= 4 is 34.6 Å². The van der Waals surface area contributed by atoms with Gasteiger partial charge in [0.15, 0.2) is 17.5 Å². The summed E-state index contributed by atoms with van der Waals surface area (Å²) in [4.78, 5) is 31.5. The number of ether oxygens (including phenoxy) is 2. The Hall–Kier alpha value is -4.33. The van der Waals surface area contributed by atoms with E-state index in [-0.39, 0.29) is 11.5 Å². The van der Waals surface area contributed by atoms with Gasteiger partial charge < -0.3 is 25.0 Å². The first-order valence-electron chi connectivity index (χ1n) is 14.1. The summed E-state index contributed by atoms with van der Waals surface area (Å²) in [6.45, 7) is 8.77. The van der Waals surface area contributed by atoms with Crippen LogP contribution in [0.1, 0.15) is 18.0 Å². The molecule has 0 radical (unpaired) electrons. The van der Waals surface area contributed by atoms with Crippen LogP contribution >= 0.6 is 0 Å². The Morgan fingerprint density at radius 3 is 2.65 bits per heavy atom. The average molecular weight is 594 g/mol. The molecule has 43 heavy (non-hydrogen) atoms. The van der Waals surface area contributed by atoms with Gasteiger partial charge in [0.05, 0.1) is 56.1 Å². The van der Waals surface area contributed by atoms with E-state index in [9.17, 15) is 13.6 Å². The largest absolute Gasteiger partial charge is 0.494 e. The number of anilines is 5. The number of nitrogens with one attached hydrogen (secondary N) is 2. The number of hydroxylamine groups is 1. The summed E-state index contributed by atoms with van der Waals surface area (Å²) in [6.07, 6.45) is 3.03. The number of piperazine rings is 1. The van der Waals surface area contributed by atoms with E-state index in [4.69, 9.17) is 14.3 Å². The Balaban J connectivity index is 1.26. The Morgan fingerprint density at radius 2 is 1.93 bits per heavy atom. The third-order valence-corrected chi connectivity index (χ3v) is 7.94. The fourth-order valence-electron chi connectivity index (χ4n) is 5.57. The van der Waals surface area contributed by atoms with Gasteiger partial charge in [-0.25, -0.2) is 23.8 Å². The normalized spacial score (nSPS) is 19.2. The van der Waals surface area contributed by atoms with E-state index in [1.807, 2.05) is 6.07 Å². The summed E-state index contributed by atoms with van der Waals surface area (Å²) in [7, 11) is 1.57. The van der Waals surface area contributed by atoms with Crippen molar-refractivity contribution in [1.82, 2.24) is 14.9 Å². The molecule has 4 heterocycles. The molecule has 3 aliphatic heterocycles. The highest BCUT2D eigenvalue weighted by Crippen LogP contribution is 2.40. The van der Waals surface area contributed by atoms with Crippen molar-refractivity contribution in [2.75, 3.05) is 73.7 Å². The highest BCUT2D eigenvalue weighted by molar-refractivity contribution is 6.02. The van der Waals surface area contributed by atoms with Crippen molar-refractivity contribution in [3.8, 4) is 5.75 Å². The fourth-order valence-corrected chi connectivity index (χ4v) is 5.57. The molecule has 0 spiro atoms. The molecule has 0 saturated carbocycles. The molecule has 2 aromatic carbocycles. The van der Waals surface area contributed by atoms with E-state index in [2.05, 4.69) is 37.0 Å². The minimum atomic E-state index is -0.917. The number of aromatic nitrogens is 2. The summed E-state index contributed by atoms with van der Waals surface area (Å²) in [5.41, 5.74) is 2.16. The number of hydrogen-bond donors (Lipinski definition) is 2. The molecule has 0 bridgehead atoms. The second kappa shape index (κ2) is 12.5. The van der Waals surface area contributed by atoms with E-state index in [0.717, 1.165) is 51.1 Å². The van der Waals surface area contributed by atoms with E-state index in [1.54, 1.807) is 19.2 Å². The lowest BCUT2D eigenvalue weighted by atomic mass is 10.0. The topological polar surface area (TPSA) is 104 Å². The molecule has 0 aliphatic carbocycles. The molecular formula is C30H33F2N7O4. The van der Waals surface area contributed by atoms with Crippen LogP contribution in [0.3, 0.4) is 0 Å². The summed E-state index contributed by atoms with van der Waals surface area (Å²) in [6, 6.07) is 9.32. The quantitative estimate of drug-likeness (QED) is 0.354. The van der Waals surface area contributed by atoms with Crippen molar-refractivity contribution < 1.29 is 27.9 Å². The average Bonchev–Trinajstić information content (AvgIpc) is 3.48. The van der Waals surface area contributed by atoms with Crippen molar-refractivity contribution in [3.63, 3.8) is 0 Å². The molecule has 2 N–H and O–H groups in total. The van der Waals surface area contributed by atoms with Gasteiger partial charge in [0, 0.05) is 50.3 Å². The second-order valence-corrected chi connectivity index (χ2v) is 10.5. The van der Waals surface area contributed by atoms with Gasteiger partial charge in [-0.2, -0.15) is 0 Å². The number of rotatable bonds is 9. The number of halogens is 2. The number of methoxy groups -OCH3 is 1. The van der Waals surface area contributed by atoms with Crippen LogP contribution in [0.4, 0.5) is 37.5 Å². The van der Waals surface area contributed by atoms with Crippen molar-refractivity contribution in [2.24, 2.45) is 0 Å². The third kappa shape index (κ3) is 5.96. The van der Waals surface area contributed by atoms with Crippen LogP contribution in [-0.2, 0) is 14.4 Å². The van der Waals surface area contributed by atoms with Crippen LogP contribution in [-0.4, -0.2) is 79.9 Å². The summed E-state index contributed by atoms with van der Waals surface area (Å²) in [5, 5.41) is 7.65. The Bertz CT molecular complexity index is 1500. The van der Waals surface area contributed by atoms with E-state index >= 15 is 0 Å². The summed E-state index contributed by atoms with van der Waals surface area (Å²) < 4.78 is 39.7. The third-order valence-electron chi connectivity index (χ3n) is 7.94. The molecule has 1 amide bonds. The van der Waals surface area contributed by atoms with Crippen molar-refractivity contribution in [2.45, 2.75) is 18.5 Å². The van der Waals surface area contributed by atoms with E-state index in [1.165, 1.54) is 29.6 Å². The van der Waals surface area contributed by atoms with Crippen molar-refractivity contribution in [1.29, 1.82) is 0 Å². The number of carbonyl (C=O) groups is 1. The molecule has 6 rings (SSSR count). The maximum atomic E-state index is 14.6. The van der Waals surface area contributed by atoms with E-state index < -0.39 is 17.7 Å². The van der Waals surface area contributed by atoms with Gasteiger partial charge in [-0.3, -0.25) is 14.5 Å². The first-order valence-corrected chi connectivity index (χ1v) is 14.1. The van der Waals surface area contributed by atoms with Crippen LogP contribution in [0.5, 0.6) is 5.75 Å². The van der Waals surface area contributed by atoms with Gasteiger partial charge in [-0.15, -0.1) is 0 Å². The smallest absolute Gasteiger partial charge is 0.247 e. The number of carbonyl (C=O) groups excluding carboxylic acids is 1. The molecule has 1 atom stereocenters. The van der Waals surface area contributed by atoms with Crippen LogP contribution in [0, 0.1) is 11.6 Å². The lowest BCUT2D eigenvalue weighted by molar-refractivity contribution is -0.111. The van der Waals surface area contributed by atoms with Crippen LogP contribution in [0.15, 0.2) is 55.4 Å². The lowest BCUT2D eigenvalue weighted by Gasteiger charge is -2.43. The minimum absolute atomic E-state index is 0.187. The summed E-state index contributed by atoms with van der Waals surface area (Å²) >= 11 is 0. The van der Waals surface area contributed by atoms with E-state index in [0.29, 0.717) is 47.8 Å². The second-order valence-electron chi connectivity index (χ2n) is 10.5. The monoisotopic (exact) mass is 593 g/mol. The number of hydrogen-bond acceptors (Lipinski definition) is 10. The highest BCUT2D eigenvalue weighted by atomic mass is 19.2. The zero-order chi connectivity index (χ0) is 29.9. The molecule has 3 fully saturated rings. The number of amides is 1. The lowest BCUT2D eigenvalue weighted by Crippen LogP contribution is -2.56. The van der Waals surface area contributed by atoms with Crippen molar-refractivity contribution in [3.05, 3.63) is 72.6 Å². The highest BCUT2D eigenvalue weighted by Gasteiger charge is 2.33. The van der Waals surface area contributed by atoms with Gasteiger partial charge in [0.2, 0.25) is 5.91 Å². The minimum Gasteiger partial charge on any atom is -0.494 e. The number of nitrogens with zero attached hydrogens (tertiary/aromatic N) is 5. The maximum Gasteiger partial charge on any atom is 0.247 e. The molecule has 3 saturated heterocycles. The van der Waals surface area contributed by atoms with Gasteiger partial charge in [0.1, 0.15) is 17.9 Å². The Labute approximate surface area is 248 Å². The van der Waals surface area contributed by atoms with Gasteiger partial charge in [-0.05, 0) is 18.2 Å². The van der Waals surface area contributed by atoms with Crippen LogP contribution in [0.25, 0.3) is 0 Å². The van der Waals surface area contributed by atoms with Crippen LogP contribution in [0.2, 0.25) is 0 Å². The standard InChI is InChI=1S/C30H33F2N7O4/c1-3-29(40)36-22-13-23(26(41-2)14-25(22)38-10-8-37(9-11-38)19-16-42-17-19)35-27-15-28(34-18-33-27)39-24(7-12-43-39)20-5-4-6-21(31)30(20)32/h3-6,13-15,18-19,24H,1,7-12,16-17H2,2H3,(H,36,40)(H,33,34,35). The zero-order valence-electron chi connectivity index (χ0n) is 23.8. The molecule has 3 aliphatic rings. The van der Waals surface area contributed by atoms with Gasteiger partial charge in [0.25, 0.3) is 0 Å². The molecule has 13 heteroatoms. The van der Waals surface area contributed by atoms with Gasteiger partial charge >= 0.3 is 0 Å². The maximum absolute atomic E-state index is 14.6. The summed E-state index contributed by atoms with van der Waals surface area (Å²) in [5.74, 6) is -0.851. The molecule has 1 aromatic heterocycles. The Morgan fingerprint density at radius 1 is 1.12 bits per heavy atom. The predicted octanol–water partition coefficient (Wildman–Crippen LogP) is 4.04. The molecular weight excluding hydrogens is 560 g/mol.